The lowest BCUT2D eigenvalue weighted by Crippen LogP contribution is -2.50. The van der Waals surface area contributed by atoms with Crippen LogP contribution in [0.25, 0.3) is 0 Å². The van der Waals surface area contributed by atoms with Gasteiger partial charge in [-0.3, -0.25) is 25.8 Å². The third-order valence-electron chi connectivity index (χ3n) is 3.42. The van der Waals surface area contributed by atoms with Gasteiger partial charge >= 0.3 is 0 Å². The van der Waals surface area contributed by atoms with Crippen LogP contribution in [0.2, 0.25) is 0 Å². The quantitative estimate of drug-likeness (QED) is 0.448. The molecule has 7 nitrogen and oxygen atoms in total. The highest BCUT2D eigenvalue weighted by atomic mass is 79.9. The first-order chi connectivity index (χ1) is 13.3. The van der Waals surface area contributed by atoms with Crippen LogP contribution in [0.1, 0.15) is 11.1 Å². The van der Waals surface area contributed by atoms with Crippen molar-refractivity contribution in [1.29, 1.82) is 0 Å². The average molecular weight is 466 g/mol. The van der Waals surface area contributed by atoms with Gasteiger partial charge in [0.25, 0.3) is 11.8 Å². The maximum atomic E-state index is 11.8. The smallest absolute Gasteiger partial charge is 0.276 e. The van der Waals surface area contributed by atoms with Gasteiger partial charge in [-0.1, -0.05) is 28.1 Å². The summed E-state index contributed by atoms with van der Waals surface area (Å²) in [6.07, 6.45) is 0. The standard InChI is InChI=1S/C19H20BrN3O4S/c1-12-4-3-5-15(8-12)26-10-17(24)21-19(28)23-22-18(25)11-27-16-7-6-14(20)9-13(16)2/h3-9H,10-11H2,1-2H3,(H,22,25)(H2,21,23,24,28). The van der Waals surface area contributed by atoms with Crippen LogP contribution in [-0.4, -0.2) is 30.1 Å². The Morgan fingerprint density at radius 3 is 2.46 bits per heavy atom. The molecule has 2 rings (SSSR count). The summed E-state index contributed by atoms with van der Waals surface area (Å²) in [5.41, 5.74) is 6.71. The summed E-state index contributed by atoms with van der Waals surface area (Å²) in [5, 5.41) is 2.35. The fraction of sp³-hybridized carbons (Fsp3) is 0.211. The molecule has 0 aliphatic heterocycles. The van der Waals surface area contributed by atoms with Crippen molar-refractivity contribution >= 4 is 45.1 Å². The number of ether oxygens (including phenoxy) is 2. The summed E-state index contributed by atoms with van der Waals surface area (Å²) >= 11 is 8.32. The highest BCUT2D eigenvalue weighted by Crippen LogP contribution is 2.21. The molecule has 148 valence electrons. The Morgan fingerprint density at radius 2 is 1.75 bits per heavy atom. The average Bonchev–Trinajstić information content (AvgIpc) is 2.64. The number of halogens is 1. The molecule has 0 saturated carbocycles. The van der Waals surface area contributed by atoms with Crippen LogP contribution < -0.4 is 25.6 Å². The van der Waals surface area contributed by atoms with Crippen molar-refractivity contribution in [3.05, 3.63) is 58.1 Å². The van der Waals surface area contributed by atoms with E-state index in [2.05, 4.69) is 32.1 Å². The SMILES string of the molecule is Cc1cccc(OCC(=O)NC(=S)NNC(=O)COc2ccc(Br)cc2C)c1. The predicted octanol–water partition coefficient (Wildman–Crippen LogP) is 2.55. The molecule has 0 unspecified atom stereocenters. The molecule has 0 bridgehead atoms. The molecule has 0 heterocycles. The topological polar surface area (TPSA) is 88.7 Å². The third kappa shape index (κ3) is 7.53. The Hall–Kier alpha value is -2.65. The number of thiocarbonyl (C=S) groups is 1. The second-order valence-corrected chi connectivity index (χ2v) is 7.18. The zero-order valence-electron chi connectivity index (χ0n) is 15.4. The summed E-state index contributed by atoms with van der Waals surface area (Å²) in [5.74, 6) is 0.287. The highest BCUT2D eigenvalue weighted by Gasteiger charge is 2.08. The summed E-state index contributed by atoms with van der Waals surface area (Å²) < 4.78 is 11.7. The van der Waals surface area contributed by atoms with Crippen LogP contribution in [-0.2, 0) is 9.59 Å². The first-order valence-corrected chi connectivity index (χ1v) is 9.50. The fourth-order valence-corrected chi connectivity index (χ4v) is 2.77. The van der Waals surface area contributed by atoms with Crippen molar-refractivity contribution in [2.24, 2.45) is 0 Å². The first-order valence-electron chi connectivity index (χ1n) is 8.30. The first kappa shape index (κ1) is 21.6. The summed E-state index contributed by atoms with van der Waals surface area (Å²) in [6, 6.07) is 12.8. The number of rotatable bonds is 6. The van der Waals surface area contributed by atoms with E-state index in [1.165, 1.54) is 0 Å². The van der Waals surface area contributed by atoms with Crippen molar-refractivity contribution < 1.29 is 19.1 Å². The van der Waals surface area contributed by atoms with Crippen molar-refractivity contribution in [2.45, 2.75) is 13.8 Å². The molecule has 0 fully saturated rings. The summed E-state index contributed by atoms with van der Waals surface area (Å²) in [7, 11) is 0. The maximum absolute atomic E-state index is 11.8. The number of hydrazine groups is 1. The lowest BCUT2D eigenvalue weighted by Gasteiger charge is -2.12. The molecule has 2 aromatic rings. The van der Waals surface area contributed by atoms with Crippen LogP contribution in [0, 0.1) is 13.8 Å². The number of amides is 2. The molecule has 0 atom stereocenters. The van der Waals surface area contributed by atoms with E-state index in [-0.39, 0.29) is 18.3 Å². The molecule has 0 radical (unpaired) electrons. The van der Waals surface area contributed by atoms with E-state index < -0.39 is 11.8 Å². The van der Waals surface area contributed by atoms with Crippen molar-refractivity contribution in [3.63, 3.8) is 0 Å². The Bertz CT molecular complexity index is 876. The molecular weight excluding hydrogens is 446 g/mol. The number of hydrogen-bond acceptors (Lipinski definition) is 5. The van der Waals surface area contributed by atoms with Crippen molar-refractivity contribution in [3.8, 4) is 11.5 Å². The van der Waals surface area contributed by atoms with E-state index in [1.807, 2.05) is 44.2 Å². The van der Waals surface area contributed by atoms with Crippen LogP contribution in [0.3, 0.4) is 0 Å². The molecule has 0 aliphatic carbocycles. The van der Waals surface area contributed by atoms with Gasteiger partial charge in [-0.15, -0.1) is 0 Å². The van der Waals surface area contributed by atoms with Crippen LogP contribution in [0.5, 0.6) is 11.5 Å². The van der Waals surface area contributed by atoms with E-state index in [1.54, 1.807) is 12.1 Å². The van der Waals surface area contributed by atoms with Gasteiger partial charge < -0.3 is 9.47 Å². The molecule has 0 saturated heterocycles. The van der Waals surface area contributed by atoms with E-state index in [0.717, 1.165) is 15.6 Å². The maximum Gasteiger partial charge on any atom is 0.276 e. The molecule has 2 amide bonds. The molecule has 3 N–H and O–H groups in total. The summed E-state index contributed by atoms with van der Waals surface area (Å²) in [4.78, 5) is 23.6. The number of hydrogen-bond donors (Lipinski definition) is 3. The number of aryl methyl sites for hydroxylation is 2. The van der Waals surface area contributed by atoms with Gasteiger partial charge in [0.15, 0.2) is 18.3 Å². The summed E-state index contributed by atoms with van der Waals surface area (Å²) in [6.45, 7) is 3.39. The van der Waals surface area contributed by atoms with E-state index in [4.69, 9.17) is 21.7 Å². The minimum absolute atomic E-state index is 0.0500. The van der Waals surface area contributed by atoms with Crippen LogP contribution in [0.4, 0.5) is 0 Å². The zero-order valence-corrected chi connectivity index (χ0v) is 17.8. The molecule has 28 heavy (non-hydrogen) atoms. The Morgan fingerprint density at radius 1 is 1.00 bits per heavy atom. The normalized spacial score (nSPS) is 9.96. The number of benzene rings is 2. The van der Waals surface area contributed by atoms with Gasteiger partial charge in [-0.25, -0.2) is 0 Å². The molecular formula is C19H20BrN3O4S. The van der Waals surface area contributed by atoms with Crippen molar-refractivity contribution in [2.75, 3.05) is 13.2 Å². The van der Waals surface area contributed by atoms with Gasteiger partial charge in [0.2, 0.25) is 0 Å². The zero-order chi connectivity index (χ0) is 20.5. The minimum Gasteiger partial charge on any atom is -0.484 e. The molecule has 0 aromatic heterocycles. The molecule has 9 heteroatoms. The van der Waals surface area contributed by atoms with Gasteiger partial charge in [0.1, 0.15) is 11.5 Å². The van der Waals surface area contributed by atoms with Gasteiger partial charge in [0.05, 0.1) is 0 Å². The lowest BCUT2D eigenvalue weighted by atomic mass is 10.2. The molecule has 0 aliphatic rings. The third-order valence-corrected chi connectivity index (χ3v) is 4.12. The Labute approximate surface area is 176 Å². The van der Waals surface area contributed by atoms with E-state index >= 15 is 0 Å². The molecule has 0 spiro atoms. The lowest BCUT2D eigenvalue weighted by molar-refractivity contribution is -0.124. The molecule has 2 aromatic carbocycles. The van der Waals surface area contributed by atoms with Gasteiger partial charge in [-0.05, 0) is 67.5 Å². The number of nitrogens with one attached hydrogen (secondary N) is 3. The second kappa shape index (κ2) is 10.6. The Balaban J connectivity index is 1.66. The van der Waals surface area contributed by atoms with E-state index in [0.29, 0.717) is 11.5 Å². The second-order valence-electron chi connectivity index (χ2n) is 5.85. The predicted molar refractivity (Wildman–Crippen MR) is 113 cm³/mol. The fourth-order valence-electron chi connectivity index (χ4n) is 2.13. The highest BCUT2D eigenvalue weighted by molar-refractivity contribution is 9.10. The number of carbonyl (C=O) groups excluding carboxylic acids is 2. The van der Waals surface area contributed by atoms with Gasteiger partial charge in [-0.2, -0.15) is 0 Å². The monoisotopic (exact) mass is 465 g/mol. The van der Waals surface area contributed by atoms with Crippen LogP contribution in [0.15, 0.2) is 46.9 Å². The van der Waals surface area contributed by atoms with Gasteiger partial charge in [0, 0.05) is 4.47 Å². The minimum atomic E-state index is -0.449. The van der Waals surface area contributed by atoms with E-state index in [9.17, 15) is 9.59 Å². The number of carbonyl (C=O) groups is 2. The van der Waals surface area contributed by atoms with Crippen LogP contribution >= 0.6 is 28.1 Å². The largest absolute Gasteiger partial charge is 0.484 e. The van der Waals surface area contributed by atoms with Crippen molar-refractivity contribution in [1.82, 2.24) is 16.2 Å². The Kier molecular flexibility index (Phi) is 8.21.